The van der Waals surface area contributed by atoms with E-state index in [0.717, 1.165) is 19.2 Å². The zero-order valence-corrected chi connectivity index (χ0v) is 15.2. The fraction of sp³-hybridized carbons (Fsp3) is 0.529. The summed E-state index contributed by atoms with van der Waals surface area (Å²) in [5.41, 5.74) is -0.799. The molecule has 7 nitrogen and oxygen atoms in total. The molecule has 1 aromatic carbocycles. The quantitative estimate of drug-likeness (QED) is 0.645. The van der Waals surface area contributed by atoms with Crippen LogP contribution in [0.2, 0.25) is 0 Å². The van der Waals surface area contributed by atoms with Crippen LogP contribution >= 0.6 is 0 Å². The number of ether oxygens (including phenoxy) is 1. The molecule has 0 radical (unpaired) electrons. The summed E-state index contributed by atoms with van der Waals surface area (Å²) in [7, 11) is 0. The first-order valence-electron chi connectivity index (χ1n) is 8.48. The van der Waals surface area contributed by atoms with Gasteiger partial charge in [0, 0.05) is 25.2 Å². The van der Waals surface area contributed by atoms with E-state index in [9.17, 15) is 22.8 Å². The molecule has 27 heavy (non-hydrogen) atoms. The first-order chi connectivity index (χ1) is 12.7. The lowest BCUT2D eigenvalue weighted by Crippen LogP contribution is -2.56. The highest BCUT2D eigenvalue weighted by atomic mass is 19.2. The van der Waals surface area contributed by atoms with Gasteiger partial charge in [0.2, 0.25) is 5.91 Å². The molecule has 2 rings (SSSR count). The maximum Gasteiger partial charge on any atom is 0.315 e. The monoisotopic (exact) mass is 388 g/mol. The summed E-state index contributed by atoms with van der Waals surface area (Å²) in [5.74, 6) is -5.31. The molecule has 1 heterocycles. The Morgan fingerprint density at radius 1 is 1.11 bits per heavy atom. The van der Waals surface area contributed by atoms with Crippen molar-refractivity contribution >= 4 is 17.6 Å². The zero-order chi connectivity index (χ0) is 20.0. The third-order valence-corrected chi connectivity index (χ3v) is 4.27. The Morgan fingerprint density at radius 3 is 2.44 bits per heavy atom. The largest absolute Gasteiger partial charge is 0.379 e. The molecule has 0 atom stereocenters. The van der Waals surface area contributed by atoms with Crippen LogP contribution in [-0.4, -0.2) is 61.8 Å². The molecule has 0 spiro atoms. The van der Waals surface area contributed by atoms with Gasteiger partial charge in [0.1, 0.15) is 0 Å². The minimum absolute atomic E-state index is 0.294. The van der Waals surface area contributed by atoms with Crippen molar-refractivity contribution < 1.29 is 27.5 Å². The summed E-state index contributed by atoms with van der Waals surface area (Å²) in [4.78, 5) is 25.8. The molecule has 1 aromatic rings. The Labute approximate surface area is 155 Å². The van der Waals surface area contributed by atoms with Gasteiger partial charge < -0.3 is 20.7 Å². The van der Waals surface area contributed by atoms with Crippen molar-refractivity contribution in [1.29, 1.82) is 0 Å². The van der Waals surface area contributed by atoms with E-state index >= 15 is 0 Å². The molecule has 0 aliphatic carbocycles. The van der Waals surface area contributed by atoms with Crippen LogP contribution < -0.4 is 16.0 Å². The Balaban J connectivity index is 1.76. The molecule has 0 unspecified atom stereocenters. The van der Waals surface area contributed by atoms with Gasteiger partial charge in [-0.05, 0) is 26.0 Å². The van der Waals surface area contributed by atoms with Crippen LogP contribution in [0, 0.1) is 17.5 Å². The number of nitrogens with zero attached hydrogens (tertiary/aromatic N) is 1. The number of urea groups is 1. The number of morpholine rings is 1. The van der Waals surface area contributed by atoms with Crippen LogP contribution in [0.5, 0.6) is 0 Å². The Bertz CT molecular complexity index is 694. The van der Waals surface area contributed by atoms with E-state index < -0.39 is 41.6 Å². The summed E-state index contributed by atoms with van der Waals surface area (Å²) in [6.07, 6.45) is 0. The number of halogens is 3. The van der Waals surface area contributed by atoms with Crippen LogP contribution in [0.1, 0.15) is 13.8 Å². The Morgan fingerprint density at radius 2 is 1.78 bits per heavy atom. The van der Waals surface area contributed by atoms with Crippen LogP contribution in [0.15, 0.2) is 12.1 Å². The number of hydrogen-bond acceptors (Lipinski definition) is 4. The molecular weight excluding hydrogens is 365 g/mol. The zero-order valence-electron chi connectivity index (χ0n) is 15.2. The van der Waals surface area contributed by atoms with E-state index in [1.807, 2.05) is 13.8 Å². The number of benzene rings is 1. The minimum Gasteiger partial charge on any atom is -0.379 e. The summed E-state index contributed by atoms with van der Waals surface area (Å²) in [6.45, 7) is 6.65. The summed E-state index contributed by atoms with van der Waals surface area (Å²) in [6, 6.07) is 1.02. The predicted molar refractivity (Wildman–Crippen MR) is 92.8 cm³/mol. The second-order valence-corrected chi connectivity index (χ2v) is 6.72. The molecule has 0 saturated carbocycles. The molecule has 0 bridgehead atoms. The van der Waals surface area contributed by atoms with Crippen molar-refractivity contribution in [3.63, 3.8) is 0 Å². The van der Waals surface area contributed by atoms with Crippen LogP contribution in [0.25, 0.3) is 0 Å². The first kappa shape index (κ1) is 21.0. The smallest absolute Gasteiger partial charge is 0.315 e. The molecule has 150 valence electrons. The Kier molecular flexibility index (Phi) is 7.03. The number of anilines is 1. The van der Waals surface area contributed by atoms with E-state index in [1.165, 1.54) is 0 Å². The maximum absolute atomic E-state index is 13.5. The summed E-state index contributed by atoms with van der Waals surface area (Å²) < 4.78 is 44.8. The standard InChI is InChI=1S/C17H23F3N4O3/c1-17(2,24-5-7-27-8-6-24)10-22-16(26)21-9-13(25)23-12-4-3-11(18)14(19)15(12)20/h3-4H,5-10H2,1-2H3,(H,23,25)(H2,21,22,26). The predicted octanol–water partition coefficient (Wildman–Crippen LogP) is 1.45. The van der Waals surface area contributed by atoms with Gasteiger partial charge in [0.05, 0.1) is 25.4 Å². The summed E-state index contributed by atoms with van der Waals surface area (Å²) in [5, 5.41) is 7.07. The van der Waals surface area contributed by atoms with E-state index in [2.05, 4.69) is 20.9 Å². The maximum atomic E-state index is 13.5. The third kappa shape index (κ3) is 5.83. The average molecular weight is 388 g/mol. The molecule has 0 aromatic heterocycles. The van der Waals surface area contributed by atoms with Crippen LogP contribution in [-0.2, 0) is 9.53 Å². The number of rotatable bonds is 6. The molecule has 3 amide bonds. The minimum atomic E-state index is -1.68. The van der Waals surface area contributed by atoms with Crippen molar-refractivity contribution in [2.45, 2.75) is 19.4 Å². The SMILES string of the molecule is CC(C)(CNC(=O)NCC(=O)Nc1ccc(F)c(F)c1F)N1CCOCC1. The number of nitrogens with one attached hydrogen (secondary N) is 3. The van der Waals surface area contributed by atoms with Crippen molar-refractivity contribution in [3.8, 4) is 0 Å². The average Bonchev–Trinajstić information content (AvgIpc) is 2.66. The topological polar surface area (TPSA) is 82.7 Å². The molecule has 1 aliphatic heterocycles. The van der Waals surface area contributed by atoms with Gasteiger partial charge in [-0.2, -0.15) is 0 Å². The van der Waals surface area contributed by atoms with Crippen LogP contribution in [0.4, 0.5) is 23.7 Å². The van der Waals surface area contributed by atoms with Gasteiger partial charge in [0.15, 0.2) is 17.5 Å². The van der Waals surface area contributed by atoms with Crippen molar-refractivity contribution in [3.05, 3.63) is 29.6 Å². The second-order valence-electron chi connectivity index (χ2n) is 6.72. The van der Waals surface area contributed by atoms with Gasteiger partial charge in [-0.3, -0.25) is 9.69 Å². The summed E-state index contributed by atoms with van der Waals surface area (Å²) >= 11 is 0. The van der Waals surface area contributed by atoms with Crippen molar-refractivity contribution in [2.24, 2.45) is 0 Å². The molecule has 3 N–H and O–H groups in total. The highest BCUT2D eigenvalue weighted by Crippen LogP contribution is 2.19. The molecule has 1 aliphatic rings. The second kappa shape index (κ2) is 9.05. The number of carbonyl (C=O) groups excluding carboxylic acids is 2. The Hall–Kier alpha value is -2.33. The van der Waals surface area contributed by atoms with Gasteiger partial charge in [0.25, 0.3) is 0 Å². The van der Waals surface area contributed by atoms with Gasteiger partial charge in [-0.15, -0.1) is 0 Å². The van der Waals surface area contributed by atoms with Crippen LogP contribution in [0.3, 0.4) is 0 Å². The normalized spacial score (nSPS) is 15.3. The highest BCUT2D eigenvalue weighted by Gasteiger charge is 2.28. The lowest BCUT2D eigenvalue weighted by Gasteiger charge is -2.40. The van der Waals surface area contributed by atoms with Gasteiger partial charge in [-0.25, -0.2) is 18.0 Å². The fourth-order valence-corrected chi connectivity index (χ4v) is 2.62. The molecule has 1 fully saturated rings. The molecule has 1 saturated heterocycles. The molecule has 10 heteroatoms. The van der Waals surface area contributed by atoms with Crippen molar-refractivity contribution in [2.75, 3.05) is 44.7 Å². The highest BCUT2D eigenvalue weighted by molar-refractivity contribution is 5.94. The van der Waals surface area contributed by atoms with E-state index in [1.54, 1.807) is 0 Å². The van der Waals surface area contributed by atoms with Gasteiger partial charge in [-0.1, -0.05) is 0 Å². The first-order valence-corrected chi connectivity index (χ1v) is 8.48. The lowest BCUT2D eigenvalue weighted by molar-refractivity contribution is -0.115. The lowest BCUT2D eigenvalue weighted by atomic mass is 10.0. The van der Waals surface area contributed by atoms with E-state index in [4.69, 9.17) is 4.74 Å². The third-order valence-electron chi connectivity index (χ3n) is 4.27. The number of amides is 3. The van der Waals surface area contributed by atoms with E-state index in [-0.39, 0.29) is 5.54 Å². The molecular formula is C17H23F3N4O3. The van der Waals surface area contributed by atoms with Gasteiger partial charge >= 0.3 is 6.03 Å². The fourth-order valence-electron chi connectivity index (χ4n) is 2.62. The number of carbonyl (C=O) groups is 2. The van der Waals surface area contributed by atoms with E-state index in [0.29, 0.717) is 25.8 Å². The number of hydrogen-bond donors (Lipinski definition) is 3. The van der Waals surface area contributed by atoms with Crippen molar-refractivity contribution in [1.82, 2.24) is 15.5 Å².